The highest BCUT2D eigenvalue weighted by Crippen LogP contribution is 2.22. The lowest BCUT2D eigenvalue weighted by Gasteiger charge is -2.12. The second-order valence-corrected chi connectivity index (χ2v) is 4.21. The van der Waals surface area contributed by atoms with Gasteiger partial charge in [-0.05, 0) is 48.2 Å². The molecule has 0 atom stereocenters. The highest BCUT2D eigenvalue weighted by atomic mass is 79.9. The lowest BCUT2D eigenvalue weighted by Crippen LogP contribution is -2.20. The fourth-order valence-electron chi connectivity index (χ4n) is 1.05. The Morgan fingerprint density at radius 2 is 2.14 bits per heavy atom. The van der Waals surface area contributed by atoms with E-state index in [1.807, 2.05) is 14.1 Å². The summed E-state index contributed by atoms with van der Waals surface area (Å²) in [6, 6.07) is 4.63. The van der Waals surface area contributed by atoms with Gasteiger partial charge in [0.15, 0.2) is 0 Å². The maximum absolute atomic E-state index is 12.7. The lowest BCUT2D eigenvalue weighted by molar-refractivity contribution is 0.425. The molecule has 0 aliphatic carbocycles. The Morgan fingerprint density at radius 3 is 2.71 bits per heavy atom. The molecular weight excluding hydrogens is 247 g/mol. The predicted molar refractivity (Wildman–Crippen MR) is 61.1 cm³/mol. The summed E-state index contributed by atoms with van der Waals surface area (Å²) < 4.78 is 13.5. The first kappa shape index (κ1) is 11.5. The third kappa shape index (κ3) is 3.64. The Balaban J connectivity index is 2.51. The monoisotopic (exact) mass is 260 g/mol. The number of nitrogens with zero attached hydrogens (tertiary/aromatic N) is 1. The van der Waals surface area contributed by atoms with Crippen LogP contribution >= 0.6 is 15.9 Å². The zero-order valence-corrected chi connectivity index (χ0v) is 9.94. The minimum atomic E-state index is -0.227. The number of rotatable bonds is 4. The number of hydrogen-bond acceptors (Lipinski definition) is 2. The van der Waals surface area contributed by atoms with E-state index in [1.165, 1.54) is 12.1 Å². The van der Waals surface area contributed by atoms with Crippen molar-refractivity contribution in [2.75, 3.05) is 32.5 Å². The van der Waals surface area contributed by atoms with E-state index in [-0.39, 0.29) is 5.82 Å². The van der Waals surface area contributed by atoms with Crippen LogP contribution in [0.5, 0.6) is 0 Å². The van der Waals surface area contributed by atoms with Gasteiger partial charge in [0, 0.05) is 23.2 Å². The van der Waals surface area contributed by atoms with Crippen LogP contribution in [0, 0.1) is 5.82 Å². The minimum Gasteiger partial charge on any atom is -0.383 e. The van der Waals surface area contributed by atoms with Gasteiger partial charge in [0.25, 0.3) is 0 Å². The first-order chi connectivity index (χ1) is 6.59. The highest BCUT2D eigenvalue weighted by Gasteiger charge is 2.00. The predicted octanol–water partition coefficient (Wildman–Crippen LogP) is 2.56. The number of hydrogen-bond donors (Lipinski definition) is 1. The Morgan fingerprint density at radius 1 is 1.43 bits per heavy atom. The normalized spacial score (nSPS) is 10.6. The number of benzene rings is 1. The third-order valence-corrected chi connectivity index (χ3v) is 2.46. The van der Waals surface area contributed by atoms with E-state index in [0.29, 0.717) is 0 Å². The van der Waals surface area contributed by atoms with Crippen LogP contribution < -0.4 is 5.32 Å². The number of likely N-dealkylation sites (N-methyl/N-ethyl adjacent to an activating group) is 1. The molecule has 0 aliphatic heterocycles. The van der Waals surface area contributed by atoms with Crippen molar-refractivity contribution in [3.05, 3.63) is 28.5 Å². The standard InChI is InChI=1S/C10H14BrFN2/c1-14(2)6-5-13-10-4-3-8(12)7-9(10)11/h3-4,7,13H,5-6H2,1-2H3. The Kier molecular flexibility index (Phi) is 4.35. The Hall–Kier alpha value is -0.610. The molecular formula is C10H14BrFN2. The van der Waals surface area contributed by atoms with Crippen LogP contribution in [-0.2, 0) is 0 Å². The summed E-state index contributed by atoms with van der Waals surface area (Å²) in [5.74, 6) is -0.227. The van der Waals surface area contributed by atoms with Crippen molar-refractivity contribution < 1.29 is 4.39 Å². The van der Waals surface area contributed by atoms with Gasteiger partial charge in [0.1, 0.15) is 5.82 Å². The molecule has 0 heterocycles. The maximum atomic E-state index is 12.7. The molecule has 1 rings (SSSR count). The molecule has 0 bridgehead atoms. The number of halogens is 2. The number of nitrogens with one attached hydrogen (secondary N) is 1. The number of anilines is 1. The molecule has 0 saturated carbocycles. The van der Waals surface area contributed by atoms with Crippen molar-refractivity contribution in [1.29, 1.82) is 0 Å². The van der Waals surface area contributed by atoms with Gasteiger partial charge in [-0.1, -0.05) is 0 Å². The van der Waals surface area contributed by atoms with Gasteiger partial charge in [-0.3, -0.25) is 0 Å². The second kappa shape index (κ2) is 5.32. The van der Waals surface area contributed by atoms with E-state index in [1.54, 1.807) is 6.07 Å². The summed E-state index contributed by atoms with van der Waals surface area (Å²) in [6.07, 6.45) is 0. The molecule has 0 spiro atoms. The summed E-state index contributed by atoms with van der Waals surface area (Å²) in [7, 11) is 4.03. The molecule has 1 aromatic carbocycles. The topological polar surface area (TPSA) is 15.3 Å². The van der Waals surface area contributed by atoms with Crippen molar-refractivity contribution in [2.24, 2.45) is 0 Å². The minimum absolute atomic E-state index is 0.227. The highest BCUT2D eigenvalue weighted by molar-refractivity contribution is 9.10. The first-order valence-electron chi connectivity index (χ1n) is 4.43. The van der Waals surface area contributed by atoms with Crippen LogP contribution in [0.25, 0.3) is 0 Å². The summed E-state index contributed by atoms with van der Waals surface area (Å²) in [6.45, 7) is 1.79. The van der Waals surface area contributed by atoms with Crippen molar-refractivity contribution >= 4 is 21.6 Å². The summed E-state index contributed by atoms with van der Waals surface area (Å²) in [5, 5.41) is 3.22. The molecule has 0 unspecified atom stereocenters. The molecule has 2 nitrogen and oxygen atoms in total. The molecule has 0 aromatic heterocycles. The summed E-state index contributed by atoms with van der Waals surface area (Å²) in [4.78, 5) is 2.09. The van der Waals surface area contributed by atoms with Gasteiger partial charge in [-0.15, -0.1) is 0 Å². The van der Waals surface area contributed by atoms with E-state index in [0.717, 1.165) is 23.2 Å². The molecule has 0 radical (unpaired) electrons. The van der Waals surface area contributed by atoms with Gasteiger partial charge in [-0.2, -0.15) is 0 Å². The SMILES string of the molecule is CN(C)CCNc1ccc(F)cc1Br. The summed E-state index contributed by atoms with van der Waals surface area (Å²) >= 11 is 3.30. The smallest absolute Gasteiger partial charge is 0.124 e. The van der Waals surface area contributed by atoms with Crippen LogP contribution in [0.1, 0.15) is 0 Å². The van der Waals surface area contributed by atoms with Gasteiger partial charge in [0.05, 0.1) is 0 Å². The zero-order chi connectivity index (χ0) is 10.6. The molecule has 0 aliphatic rings. The van der Waals surface area contributed by atoms with E-state index < -0.39 is 0 Å². The first-order valence-corrected chi connectivity index (χ1v) is 5.22. The van der Waals surface area contributed by atoms with Gasteiger partial charge < -0.3 is 10.2 Å². The Bertz CT molecular complexity index is 302. The van der Waals surface area contributed by atoms with Crippen molar-refractivity contribution in [3.63, 3.8) is 0 Å². The quantitative estimate of drug-likeness (QED) is 0.896. The van der Waals surface area contributed by atoms with Crippen LogP contribution in [-0.4, -0.2) is 32.1 Å². The van der Waals surface area contributed by atoms with Gasteiger partial charge in [0.2, 0.25) is 0 Å². The molecule has 4 heteroatoms. The van der Waals surface area contributed by atoms with E-state index in [9.17, 15) is 4.39 Å². The molecule has 0 saturated heterocycles. The Labute approximate surface area is 92.2 Å². The molecule has 0 amide bonds. The second-order valence-electron chi connectivity index (χ2n) is 3.35. The fraction of sp³-hybridized carbons (Fsp3) is 0.400. The van der Waals surface area contributed by atoms with Crippen LogP contribution in [0.15, 0.2) is 22.7 Å². The van der Waals surface area contributed by atoms with Gasteiger partial charge in [-0.25, -0.2) is 4.39 Å². The van der Waals surface area contributed by atoms with E-state index >= 15 is 0 Å². The zero-order valence-electron chi connectivity index (χ0n) is 8.35. The average molecular weight is 261 g/mol. The molecule has 1 aromatic rings. The van der Waals surface area contributed by atoms with Crippen molar-refractivity contribution in [2.45, 2.75) is 0 Å². The summed E-state index contributed by atoms with van der Waals surface area (Å²) in [5.41, 5.74) is 0.924. The third-order valence-electron chi connectivity index (χ3n) is 1.81. The van der Waals surface area contributed by atoms with Crippen LogP contribution in [0.3, 0.4) is 0 Å². The van der Waals surface area contributed by atoms with Crippen LogP contribution in [0.2, 0.25) is 0 Å². The van der Waals surface area contributed by atoms with Gasteiger partial charge >= 0.3 is 0 Å². The lowest BCUT2D eigenvalue weighted by atomic mass is 10.3. The van der Waals surface area contributed by atoms with E-state index in [4.69, 9.17) is 0 Å². The average Bonchev–Trinajstić information content (AvgIpc) is 2.08. The maximum Gasteiger partial charge on any atom is 0.124 e. The van der Waals surface area contributed by atoms with Crippen molar-refractivity contribution in [3.8, 4) is 0 Å². The molecule has 0 fully saturated rings. The largest absolute Gasteiger partial charge is 0.383 e. The van der Waals surface area contributed by atoms with E-state index in [2.05, 4.69) is 26.1 Å². The van der Waals surface area contributed by atoms with Crippen LogP contribution in [0.4, 0.5) is 10.1 Å². The van der Waals surface area contributed by atoms with Crippen molar-refractivity contribution in [1.82, 2.24) is 4.90 Å². The molecule has 1 N–H and O–H groups in total. The molecule has 14 heavy (non-hydrogen) atoms. The molecule has 78 valence electrons. The fourth-order valence-corrected chi connectivity index (χ4v) is 1.54.